The molecule has 1 aromatic rings. The maximum atomic E-state index is 12.7. The number of hydrogen-bond acceptors (Lipinski definition) is 3. The molecule has 74 valence electrons. The molecule has 1 unspecified atom stereocenters. The van der Waals surface area contributed by atoms with E-state index in [2.05, 4.69) is 10.3 Å². The Bertz CT molecular complexity index is 371. The molecule has 0 amide bonds. The van der Waals surface area contributed by atoms with Crippen LogP contribution in [0.15, 0.2) is 29.3 Å². The van der Waals surface area contributed by atoms with Gasteiger partial charge in [-0.2, -0.15) is 0 Å². The molecule has 1 aromatic carbocycles. The van der Waals surface area contributed by atoms with Crippen molar-refractivity contribution in [1.82, 2.24) is 5.32 Å². The second-order valence-corrected chi connectivity index (χ2v) is 3.67. The van der Waals surface area contributed by atoms with Gasteiger partial charge in [-0.15, -0.1) is 0 Å². The Hall–Kier alpha value is -1.58. The van der Waals surface area contributed by atoms with Crippen LogP contribution in [0.25, 0.3) is 0 Å². The Labute approximate surface area is 81.8 Å². The van der Waals surface area contributed by atoms with Crippen LogP contribution in [0.4, 0.5) is 4.39 Å². The van der Waals surface area contributed by atoms with E-state index in [1.165, 1.54) is 12.1 Å². The third kappa shape index (κ3) is 1.43. The third-order valence-electron chi connectivity index (χ3n) is 2.45. The summed E-state index contributed by atoms with van der Waals surface area (Å²) in [4.78, 5) is 4.08. The number of benzene rings is 1. The SMILES string of the molecule is CC1(c2ccc(F)cc2)CN=C(N)N1. The van der Waals surface area contributed by atoms with E-state index in [0.29, 0.717) is 12.5 Å². The van der Waals surface area contributed by atoms with Gasteiger partial charge in [0.1, 0.15) is 5.82 Å². The zero-order valence-corrected chi connectivity index (χ0v) is 7.92. The average Bonchev–Trinajstić information content (AvgIpc) is 2.48. The Morgan fingerprint density at radius 3 is 2.57 bits per heavy atom. The summed E-state index contributed by atoms with van der Waals surface area (Å²) in [6.45, 7) is 2.58. The monoisotopic (exact) mass is 193 g/mol. The zero-order valence-electron chi connectivity index (χ0n) is 7.92. The Morgan fingerprint density at radius 1 is 1.43 bits per heavy atom. The molecule has 1 aliphatic heterocycles. The highest BCUT2D eigenvalue weighted by atomic mass is 19.1. The van der Waals surface area contributed by atoms with Gasteiger partial charge in [0.15, 0.2) is 5.96 Å². The summed E-state index contributed by atoms with van der Waals surface area (Å²) in [5, 5.41) is 3.07. The normalized spacial score (nSPS) is 25.7. The molecule has 0 saturated carbocycles. The van der Waals surface area contributed by atoms with Crippen LogP contribution in [0.5, 0.6) is 0 Å². The summed E-state index contributed by atoms with van der Waals surface area (Å²) in [7, 11) is 0. The molecular weight excluding hydrogens is 181 g/mol. The lowest BCUT2D eigenvalue weighted by atomic mass is 9.93. The van der Waals surface area contributed by atoms with Crippen molar-refractivity contribution < 1.29 is 4.39 Å². The highest BCUT2D eigenvalue weighted by molar-refractivity contribution is 5.80. The van der Waals surface area contributed by atoms with Crippen LogP contribution in [0, 0.1) is 5.82 Å². The number of nitrogens with zero attached hydrogens (tertiary/aromatic N) is 1. The van der Waals surface area contributed by atoms with E-state index < -0.39 is 0 Å². The van der Waals surface area contributed by atoms with Gasteiger partial charge < -0.3 is 11.1 Å². The second-order valence-electron chi connectivity index (χ2n) is 3.67. The summed E-state index contributed by atoms with van der Waals surface area (Å²) >= 11 is 0. The third-order valence-corrected chi connectivity index (χ3v) is 2.45. The Balaban J connectivity index is 2.28. The number of rotatable bonds is 1. The molecule has 1 aliphatic rings. The first-order chi connectivity index (χ1) is 6.60. The van der Waals surface area contributed by atoms with Gasteiger partial charge in [0.25, 0.3) is 0 Å². The van der Waals surface area contributed by atoms with Crippen molar-refractivity contribution in [1.29, 1.82) is 0 Å². The van der Waals surface area contributed by atoms with Crippen LogP contribution in [0.3, 0.4) is 0 Å². The van der Waals surface area contributed by atoms with Gasteiger partial charge in [-0.1, -0.05) is 12.1 Å². The lowest BCUT2D eigenvalue weighted by molar-refractivity contribution is 0.478. The molecule has 0 radical (unpaired) electrons. The molecule has 14 heavy (non-hydrogen) atoms. The standard InChI is InChI=1S/C10H12FN3/c1-10(6-13-9(12)14-10)7-2-4-8(11)5-3-7/h2-5H,6H2,1H3,(H3,12,13,14). The van der Waals surface area contributed by atoms with Crippen LogP contribution < -0.4 is 11.1 Å². The molecule has 1 heterocycles. The first kappa shape index (κ1) is 8.99. The van der Waals surface area contributed by atoms with Crippen molar-refractivity contribution in [3.8, 4) is 0 Å². The number of nitrogens with one attached hydrogen (secondary N) is 1. The van der Waals surface area contributed by atoms with E-state index in [1.54, 1.807) is 12.1 Å². The molecule has 3 nitrogen and oxygen atoms in total. The van der Waals surface area contributed by atoms with E-state index in [1.807, 2.05) is 6.92 Å². The lowest BCUT2D eigenvalue weighted by Gasteiger charge is -2.24. The summed E-state index contributed by atoms with van der Waals surface area (Å²) in [5.74, 6) is 0.209. The van der Waals surface area contributed by atoms with E-state index in [9.17, 15) is 4.39 Å². The number of halogens is 1. The predicted molar refractivity (Wildman–Crippen MR) is 53.4 cm³/mol. The minimum absolute atomic E-state index is 0.232. The molecule has 0 spiro atoms. The van der Waals surface area contributed by atoms with Crippen LogP contribution in [-0.4, -0.2) is 12.5 Å². The van der Waals surface area contributed by atoms with Crippen molar-refractivity contribution in [3.05, 3.63) is 35.6 Å². The van der Waals surface area contributed by atoms with Crippen molar-refractivity contribution in [2.45, 2.75) is 12.5 Å². The highest BCUT2D eigenvalue weighted by Crippen LogP contribution is 2.23. The minimum atomic E-state index is -0.294. The van der Waals surface area contributed by atoms with Gasteiger partial charge in [-0.25, -0.2) is 4.39 Å². The quantitative estimate of drug-likeness (QED) is 0.698. The molecule has 0 aliphatic carbocycles. The smallest absolute Gasteiger partial charge is 0.189 e. The van der Waals surface area contributed by atoms with E-state index in [-0.39, 0.29) is 11.4 Å². The van der Waals surface area contributed by atoms with Crippen LogP contribution in [0.1, 0.15) is 12.5 Å². The Morgan fingerprint density at radius 2 is 2.07 bits per heavy atom. The number of aliphatic imine (C=N–C) groups is 1. The van der Waals surface area contributed by atoms with Crippen LogP contribution in [-0.2, 0) is 5.54 Å². The first-order valence-electron chi connectivity index (χ1n) is 4.44. The fraction of sp³-hybridized carbons (Fsp3) is 0.300. The van der Waals surface area contributed by atoms with Gasteiger partial charge in [0.05, 0.1) is 12.1 Å². The molecule has 3 N–H and O–H groups in total. The van der Waals surface area contributed by atoms with E-state index in [4.69, 9.17) is 5.73 Å². The fourth-order valence-corrected chi connectivity index (χ4v) is 1.59. The molecular formula is C10H12FN3. The molecule has 4 heteroatoms. The van der Waals surface area contributed by atoms with Gasteiger partial charge in [0.2, 0.25) is 0 Å². The minimum Gasteiger partial charge on any atom is -0.370 e. The average molecular weight is 193 g/mol. The zero-order chi connectivity index (χ0) is 10.2. The molecule has 2 rings (SSSR count). The van der Waals surface area contributed by atoms with E-state index in [0.717, 1.165) is 5.56 Å². The lowest BCUT2D eigenvalue weighted by Crippen LogP contribution is -2.42. The summed E-state index contributed by atoms with van der Waals surface area (Å²) < 4.78 is 12.7. The Kier molecular flexibility index (Phi) is 1.91. The first-order valence-corrected chi connectivity index (χ1v) is 4.44. The van der Waals surface area contributed by atoms with Gasteiger partial charge in [-0.3, -0.25) is 4.99 Å². The largest absolute Gasteiger partial charge is 0.370 e. The van der Waals surface area contributed by atoms with Gasteiger partial charge in [-0.05, 0) is 24.6 Å². The predicted octanol–water partition coefficient (Wildman–Crippen LogP) is 0.959. The van der Waals surface area contributed by atoms with Gasteiger partial charge in [0, 0.05) is 0 Å². The highest BCUT2D eigenvalue weighted by Gasteiger charge is 2.30. The topological polar surface area (TPSA) is 50.4 Å². The molecule has 0 bridgehead atoms. The number of hydrogen-bond donors (Lipinski definition) is 2. The number of nitrogens with two attached hydrogens (primary N) is 1. The molecule has 1 atom stereocenters. The molecule has 0 fully saturated rings. The van der Waals surface area contributed by atoms with Crippen molar-refractivity contribution >= 4 is 5.96 Å². The van der Waals surface area contributed by atoms with E-state index >= 15 is 0 Å². The fourth-order valence-electron chi connectivity index (χ4n) is 1.59. The maximum Gasteiger partial charge on any atom is 0.189 e. The van der Waals surface area contributed by atoms with Crippen LogP contribution >= 0.6 is 0 Å². The van der Waals surface area contributed by atoms with Crippen molar-refractivity contribution in [2.24, 2.45) is 10.7 Å². The van der Waals surface area contributed by atoms with Crippen molar-refractivity contribution in [3.63, 3.8) is 0 Å². The molecule has 0 saturated heterocycles. The second kappa shape index (κ2) is 2.97. The van der Waals surface area contributed by atoms with Crippen molar-refractivity contribution in [2.75, 3.05) is 6.54 Å². The summed E-state index contributed by atoms with van der Waals surface area (Å²) in [5.41, 5.74) is 6.24. The maximum absolute atomic E-state index is 12.7. The number of guanidine groups is 1. The molecule has 0 aromatic heterocycles. The van der Waals surface area contributed by atoms with Gasteiger partial charge >= 0.3 is 0 Å². The van der Waals surface area contributed by atoms with Crippen LogP contribution in [0.2, 0.25) is 0 Å². The summed E-state index contributed by atoms with van der Waals surface area (Å²) in [6.07, 6.45) is 0. The summed E-state index contributed by atoms with van der Waals surface area (Å²) in [6, 6.07) is 6.38.